The van der Waals surface area contributed by atoms with Gasteiger partial charge in [-0.25, -0.2) is 0 Å². The zero-order valence-electron chi connectivity index (χ0n) is 5.95. The maximum Gasteiger partial charge on any atom is 0.249 e. The number of carbonyl (C=O) groups is 1. The van der Waals surface area contributed by atoms with Crippen LogP contribution in [0.15, 0.2) is 0 Å². The minimum atomic E-state index is -1.94. The summed E-state index contributed by atoms with van der Waals surface area (Å²) in [7, 11) is 0. The van der Waals surface area contributed by atoms with Gasteiger partial charge in [0.25, 0.3) is 0 Å². The average Bonchev–Trinajstić information content (AvgIpc) is 2.08. The summed E-state index contributed by atoms with van der Waals surface area (Å²) >= 11 is 0. The van der Waals surface area contributed by atoms with Gasteiger partial charge >= 0.3 is 0 Å². The highest BCUT2D eigenvalue weighted by Gasteiger charge is 2.49. The maximum atomic E-state index is 10.6. The molecule has 1 rings (SSSR count). The minimum Gasteiger partial charge on any atom is -0.380 e. The molecule has 5 N–H and O–H groups in total. The molecule has 0 aliphatic heterocycles. The van der Waals surface area contributed by atoms with E-state index in [1.165, 1.54) is 0 Å². The Bertz CT molecular complexity index is 191. The molecule has 0 aromatic carbocycles. The Kier molecular flexibility index (Phi) is 1.66. The molecule has 5 heteroatoms. The third-order valence-electron chi connectivity index (χ3n) is 1.97. The summed E-state index contributed by atoms with van der Waals surface area (Å²) in [5, 5.41) is 27.2. The summed E-state index contributed by atoms with van der Waals surface area (Å²) in [6.45, 7) is 0. The first kappa shape index (κ1) is 8.45. The van der Waals surface area contributed by atoms with E-state index in [2.05, 4.69) is 0 Å². The van der Waals surface area contributed by atoms with Crippen molar-refractivity contribution in [2.75, 3.05) is 0 Å². The van der Waals surface area contributed by atoms with Crippen LogP contribution in [0.5, 0.6) is 0 Å². The molecule has 0 radical (unpaired) electrons. The zero-order valence-corrected chi connectivity index (χ0v) is 5.95. The van der Waals surface area contributed by atoms with Gasteiger partial charge in [0.05, 0.1) is 0 Å². The van der Waals surface area contributed by atoms with Gasteiger partial charge in [0, 0.05) is 12.8 Å². The molecule has 0 heterocycles. The Morgan fingerprint density at radius 3 is 2.00 bits per heavy atom. The molecule has 1 saturated carbocycles. The van der Waals surface area contributed by atoms with Crippen LogP contribution in [0, 0.1) is 0 Å². The molecule has 0 bridgehead atoms. The standard InChI is InChI=1S/C6H11NO4/c7-4(8)5(9)1-2-6(10,11)3-5/h9-11H,1-3H2,(H2,7,8). The number of nitrogens with two attached hydrogens (primary N) is 1. The van der Waals surface area contributed by atoms with E-state index in [-0.39, 0.29) is 12.8 Å². The lowest BCUT2D eigenvalue weighted by Gasteiger charge is -2.19. The normalized spacial score (nSPS) is 35.5. The number of hydrogen-bond donors (Lipinski definition) is 4. The van der Waals surface area contributed by atoms with Gasteiger partial charge in [-0.15, -0.1) is 0 Å². The molecule has 64 valence electrons. The quantitative estimate of drug-likeness (QED) is 0.336. The molecule has 1 amide bonds. The molecule has 1 fully saturated rings. The number of aliphatic hydroxyl groups is 3. The molecular formula is C6H11NO4. The van der Waals surface area contributed by atoms with Crippen LogP contribution in [-0.4, -0.2) is 32.6 Å². The second-order valence-corrected chi connectivity index (χ2v) is 3.06. The van der Waals surface area contributed by atoms with E-state index in [9.17, 15) is 9.90 Å². The van der Waals surface area contributed by atoms with Crippen molar-refractivity contribution in [2.24, 2.45) is 5.73 Å². The second kappa shape index (κ2) is 2.17. The summed E-state index contributed by atoms with van der Waals surface area (Å²) in [5.74, 6) is -2.84. The second-order valence-electron chi connectivity index (χ2n) is 3.06. The third kappa shape index (κ3) is 1.50. The Balaban J connectivity index is 2.73. The molecule has 0 aromatic rings. The molecule has 0 saturated heterocycles. The minimum absolute atomic E-state index is 0.00926. The van der Waals surface area contributed by atoms with Crippen molar-refractivity contribution in [1.82, 2.24) is 0 Å². The summed E-state index contributed by atoms with van der Waals surface area (Å²) < 4.78 is 0. The Morgan fingerprint density at radius 2 is 1.82 bits per heavy atom. The van der Waals surface area contributed by atoms with Gasteiger partial charge in [0.1, 0.15) is 5.60 Å². The van der Waals surface area contributed by atoms with E-state index in [1.54, 1.807) is 0 Å². The van der Waals surface area contributed by atoms with Crippen LogP contribution in [0.3, 0.4) is 0 Å². The number of amides is 1. The van der Waals surface area contributed by atoms with Crippen LogP contribution in [0.25, 0.3) is 0 Å². The third-order valence-corrected chi connectivity index (χ3v) is 1.97. The molecule has 1 atom stereocenters. The molecule has 1 unspecified atom stereocenters. The summed E-state index contributed by atoms with van der Waals surface area (Å²) in [4.78, 5) is 10.6. The lowest BCUT2D eigenvalue weighted by atomic mass is 10.0. The first-order valence-corrected chi connectivity index (χ1v) is 3.33. The number of hydrogen-bond acceptors (Lipinski definition) is 4. The summed E-state index contributed by atoms with van der Waals surface area (Å²) in [6.07, 6.45) is -0.406. The van der Waals surface area contributed by atoms with Gasteiger partial charge in [-0.05, 0) is 6.42 Å². The van der Waals surface area contributed by atoms with E-state index in [1.807, 2.05) is 0 Å². The zero-order chi connectivity index (χ0) is 8.70. The summed E-state index contributed by atoms with van der Waals surface area (Å²) in [6, 6.07) is 0. The highest BCUT2D eigenvalue weighted by atomic mass is 16.5. The van der Waals surface area contributed by atoms with Gasteiger partial charge in [-0.2, -0.15) is 0 Å². The van der Waals surface area contributed by atoms with Crippen LogP contribution in [0.4, 0.5) is 0 Å². The number of rotatable bonds is 1. The van der Waals surface area contributed by atoms with Crippen LogP contribution < -0.4 is 5.73 Å². The van der Waals surface area contributed by atoms with Gasteiger partial charge in [-0.3, -0.25) is 4.79 Å². The lowest BCUT2D eigenvalue weighted by Crippen LogP contribution is -2.43. The van der Waals surface area contributed by atoms with E-state index in [0.717, 1.165) is 0 Å². The fourth-order valence-corrected chi connectivity index (χ4v) is 1.26. The van der Waals surface area contributed by atoms with Gasteiger partial charge < -0.3 is 21.1 Å². The number of carbonyl (C=O) groups excluding carboxylic acids is 1. The highest BCUT2D eigenvalue weighted by Crippen LogP contribution is 2.35. The van der Waals surface area contributed by atoms with Crippen molar-refractivity contribution in [3.8, 4) is 0 Å². The topological polar surface area (TPSA) is 104 Å². The van der Waals surface area contributed by atoms with Crippen molar-refractivity contribution in [1.29, 1.82) is 0 Å². The van der Waals surface area contributed by atoms with Gasteiger partial charge in [0.15, 0.2) is 5.79 Å². The maximum absolute atomic E-state index is 10.6. The lowest BCUT2D eigenvalue weighted by molar-refractivity contribution is -0.170. The van der Waals surface area contributed by atoms with Crippen molar-refractivity contribution >= 4 is 5.91 Å². The molecular weight excluding hydrogens is 150 g/mol. The smallest absolute Gasteiger partial charge is 0.249 e. The molecule has 11 heavy (non-hydrogen) atoms. The molecule has 1 aliphatic carbocycles. The van der Waals surface area contributed by atoms with Crippen molar-refractivity contribution in [3.05, 3.63) is 0 Å². The van der Waals surface area contributed by atoms with Crippen LogP contribution in [0.1, 0.15) is 19.3 Å². The predicted octanol–water partition coefficient (Wildman–Crippen LogP) is -1.93. The summed E-state index contributed by atoms with van der Waals surface area (Å²) in [5.41, 5.74) is 3.11. The van der Waals surface area contributed by atoms with E-state index in [0.29, 0.717) is 0 Å². The monoisotopic (exact) mass is 161 g/mol. The van der Waals surface area contributed by atoms with Crippen molar-refractivity contribution in [2.45, 2.75) is 30.7 Å². The fourth-order valence-electron chi connectivity index (χ4n) is 1.26. The van der Waals surface area contributed by atoms with E-state index >= 15 is 0 Å². The van der Waals surface area contributed by atoms with E-state index in [4.69, 9.17) is 15.9 Å². The molecule has 1 aliphatic rings. The first-order valence-electron chi connectivity index (χ1n) is 3.33. The van der Waals surface area contributed by atoms with Crippen molar-refractivity contribution in [3.63, 3.8) is 0 Å². The van der Waals surface area contributed by atoms with Crippen LogP contribution in [0.2, 0.25) is 0 Å². The van der Waals surface area contributed by atoms with Crippen molar-refractivity contribution < 1.29 is 20.1 Å². The number of primary amides is 1. The Hall–Kier alpha value is -0.650. The fraction of sp³-hybridized carbons (Fsp3) is 0.833. The van der Waals surface area contributed by atoms with Gasteiger partial charge in [0.2, 0.25) is 5.91 Å². The molecule has 5 nitrogen and oxygen atoms in total. The predicted molar refractivity (Wildman–Crippen MR) is 35.2 cm³/mol. The Morgan fingerprint density at radius 1 is 1.27 bits per heavy atom. The van der Waals surface area contributed by atoms with E-state index < -0.39 is 23.7 Å². The Labute approximate surface area is 63.4 Å². The largest absolute Gasteiger partial charge is 0.380 e. The molecule has 0 spiro atoms. The SMILES string of the molecule is NC(=O)C1(O)CCC(O)(O)C1. The van der Waals surface area contributed by atoms with Crippen LogP contribution >= 0.6 is 0 Å². The highest BCUT2D eigenvalue weighted by molar-refractivity contribution is 5.83. The average molecular weight is 161 g/mol. The first-order chi connectivity index (χ1) is 4.86. The van der Waals surface area contributed by atoms with Gasteiger partial charge in [-0.1, -0.05) is 0 Å². The molecule has 0 aromatic heterocycles. The van der Waals surface area contributed by atoms with Crippen LogP contribution in [-0.2, 0) is 4.79 Å².